The van der Waals surface area contributed by atoms with E-state index in [4.69, 9.17) is 14.0 Å². The van der Waals surface area contributed by atoms with Crippen molar-refractivity contribution in [2.75, 3.05) is 39.5 Å². The molecule has 0 atom stereocenters. The molecule has 7 nitrogen and oxygen atoms in total. The van der Waals surface area contributed by atoms with E-state index >= 15 is 0 Å². The van der Waals surface area contributed by atoms with Crippen LogP contribution in [-0.2, 0) is 22.5 Å². The molecule has 28 heavy (non-hydrogen) atoms. The number of hydrogen-bond acceptors (Lipinski definition) is 6. The van der Waals surface area contributed by atoms with E-state index in [2.05, 4.69) is 15.4 Å². The minimum atomic E-state index is 0.0126. The fourth-order valence-corrected chi connectivity index (χ4v) is 3.25. The summed E-state index contributed by atoms with van der Waals surface area (Å²) in [7, 11) is 0. The van der Waals surface area contributed by atoms with Gasteiger partial charge in [-0.3, -0.25) is 9.69 Å². The standard InChI is InChI=1S/C21H29N3O4/c1-16-20(17(2)28-23-16)6-7-21(25)22-15-18-4-3-5-19(14-18)27-13-10-24-8-11-26-12-9-24/h3-5,14H,6-13,15H2,1-2H3,(H,22,25). The number of amides is 1. The van der Waals surface area contributed by atoms with Crippen LogP contribution >= 0.6 is 0 Å². The molecule has 0 bridgehead atoms. The van der Waals surface area contributed by atoms with E-state index in [0.29, 0.717) is 26.0 Å². The molecule has 1 fully saturated rings. The Morgan fingerprint density at radius 2 is 2.11 bits per heavy atom. The maximum Gasteiger partial charge on any atom is 0.220 e. The SMILES string of the molecule is Cc1noc(C)c1CCC(=O)NCc1cccc(OCCN2CCOCC2)c1. The van der Waals surface area contributed by atoms with Gasteiger partial charge in [0.2, 0.25) is 5.91 Å². The second kappa shape index (κ2) is 10.2. The number of aryl methyl sites for hydroxylation is 2. The highest BCUT2D eigenvalue weighted by molar-refractivity contribution is 5.76. The first-order valence-electron chi connectivity index (χ1n) is 9.82. The number of morpholine rings is 1. The minimum Gasteiger partial charge on any atom is -0.492 e. The Bertz CT molecular complexity index is 749. The van der Waals surface area contributed by atoms with E-state index in [1.165, 1.54) is 0 Å². The lowest BCUT2D eigenvalue weighted by atomic mass is 10.1. The van der Waals surface area contributed by atoms with Crippen molar-refractivity contribution in [1.82, 2.24) is 15.4 Å². The average Bonchev–Trinajstić information content (AvgIpc) is 3.03. The van der Waals surface area contributed by atoms with Gasteiger partial charge in [-0.25, -0.2) is 0 Å². The topological polar surface area (TPSA) is 76.8 Å². The lowest BCUT2D eigenvalue weighted by molar-refractivity contribution is -0.121. The van der Waals surface area contributed by atoms with Gasteiger partial charge in [-0.05, 0) is 38.0 Å². The van der Waals surface area contributed by atoms with Gasteiger partial charge in [-0.15, -0.1) is 0 Å². The largest absolute Gasteiger partial charge is 0.492 e. The van der Waals surface area contributed by atoms with E-state index in [1.54, 1.807) is 0 Å². The van der Waals surface area contributed by atoms with Crippen molar-refractivity contribution in [2.45, 2.75) is 33.2 Å². The van der Waals surface area contributed by atoms with Gasteiger partial charge >= 0.3 is 0 Å². The van der Waals surface area contributed by atoms with E-state index in [0.717, 1.165) is 61.2 Å². The summed E-state index contributed by atoms with van der Waals surface area (Å²) in [5, 5.41) is 6.89. The third kappa shape index (κ3) is 6.07. The monoisotopic (exact) mass is 387 g/mol. The van der Waals surface area contributed by atoms with Crippen LogP contribution in [-0.4, -0.2) is 55.4 Å². The molecule has 0 unspecified atom stereocenters. The first kappa shape index (κ1) is 20.4. The zero-order valence-corrected chi connectivity index (χ0v) is 16.7. The molecule has 1 N–H and O–H groups in total. The van der Waals surface area contributed by atoms with Crippen molar-refractivity contribution in [3.63, 3.8) is 0 Å². The van der Waals surface area contributed by atoms with Crippen LogP contribution in [0.5, 0.6) is 5.75 Å². The van der Waals surface area contributed by atoms with Crippen molar-refractivity contribution >= 4 is 5.91 Å². The van der Waals surface area contributed by atoms with Crippen LogP contribution in [0, 0.1) is 13.8 Å². The summed E-state index contributed by atoms with van der Waals surface area (Å²) in [5.41, 5.74) is 2.90. The zero-order valence-electron chi connectivity index (χ0n) is 16.7. The molecule has 2 aromatic rings. The molecule has 0 aliphatic carbocycles. The number of aromatic nitrogens is 1. The summed E-state index contributed by atoms with van der Waals surface area (Å²) < 4.78 is 16.4. The second-order valence-corrected chi connectivity index (χ2v) is 7.03. The second-order valence-electron chi connectivity index (χ2n) is 7.03. The van der Waals surface area contributed by atoms with E-state index < -0.39 is 0 Å². The van der Waals surface area contributed by atoms with Crippen LogP contribution in [0.4, 0.5) is 0 Å². The number of hydrogen-bond donors (Lipinski definition) is 1. The highest BCUT2D eigenvalue weighted by Gasteiger charge is 2.12. The van der Waals surface area contributed by atoms with Crippen LogP contribution in [0.15, 0.2) is 28.8 Å². The normalized spacial score (nSPS) is 14.8. The van der Waals surface area contributed by atoms with Crippen molar-refractivity contribution in [3.05, 3.63) is 46.8 Å². The Morgan fingerprint density at radius 1 is 1.29 bits per heavy atom. The molecule has 0 saturated carbocycles. The molecule has 1 saturated heterocycles. The number of ether oxygens (including phenoxy) is 2. The van der Waals surface area contributed by atoms with Gasteiger partial charge in [0.1, 0.15) is 18.1 Å². The first-order valence-corrected chi connectivity index (χ1v) is 9.82. The molecule has 2 heterocycles. The Labute approximate surface area is 166 Å². The molecule has 1 aromatic carbocycles. The average molecular weight is 387 g/mol. The van der Waals surface area contributed by atoms with Crippen LogP contribution in [0.1, 0.15) is 29.0 Å². The smallest absolute Gasteiger partial charge is 0.220 e. The molecule has 152 valence electrons. The summed E-state index contributed by atoms with van der Waals surface area (Å²) in [6.45, 7) is 9.32. The molecule has 1 amide bonds. The maximum atomic E-state index is 12.2. The van der Waals surface area contributed by atoms with Crippen molar-refractivity contribution in [1.29, 1.82) is 0 Å². The first-order chi connectivity index (χ1) is 13.6. The Morgan fingerprint density at radius 3 is 2.86 bits per heavy atom. The van der Waals surface area contributed by atoms with Gasteiger partial charge in [0, 0.05) is 38.2 Å². The van der Waals surface area contributed by atoms with Crippen molar-refractivity contribution < 1.29 is 18.8 Å². The number of rotatable bonds is 9. The van der Waals surface area contributed by atoms with Crippen molar-refractivity contribution in [2.24, 2.45) is 0 Å². The fourth-order valence-electron chi connectivity index (χ4n) is 3.25. The molecule has 3 rings (SSSR count). The van der Waals surface area contributed by atoms with Crippen LogP contribution < -0.4 is 10.1 Å². The summed E-state index contributed by atoms with van der Waals surface area (Å²) in [4.78, 5) is 14.5. The van der Waals surface area contributed by atoms with E-state index in [9.17, 15) is 4.79 Å². The summed E-state index contributed by atoms with van der Waals surface area (Å²) in [5.74, 6) is 1.63. The Kier molecular flexibility index (Phi) is 7.45. The third-order valence-electron chi connectivity index (χ3n) is 4.95. The Hall–Kier alpha value is -2.38. The number of nitrogens with zero attached hydrogens (tertiary/aromatic N) is 2. The molecule has 0 radical (unpaired) electrons. The van der Waals surface area contributed by atoms with Crippen LogP contribution in [0.25, 0.3) is 0 Å². The number of nitrogens with one attached hydrogen (secondary N) is 1. The lowest BCUT2D eigenvalue weighted by Gasteiger charge is -2.26. The third-order valence-corrected chi connectivity index (χ3v) is 4.95. The predicted molar refractivity (Wildman–Crippen MR) is 105 cm³/mol. The number of carbonyl (C=O) groups excluding carboxylic acids is 1. The van der Waals surface area contributed by atoms with Gasteiger partial charge in [0.25, 0.3) is 0 Å². The van der Waals surface area contributed by atoms with Crippen LogP contribution in [0.2, 0.25) is 0 Å². The molecule has 0 spiro atoms. The molecular formula is C21H29N3O4. The van der Waals surface area contributed by atoms with E-state index in [1.807, 2.05) is 38.1 Å². The van der Waals surface area contributed by atoms with Gasteiger partial charge < -0.3 is 19.3 Å². The Balaban J connectivity index is 1.39. The van der Waals surface area contributed by atoms with Gasteiger partial charge in [0.05, 0.1) is 18.9 Å². The number of carbonyl (C=O) groups is 1. The summed E-state index contributed by atoms with van der Waals surface area (Å²) >= 11 is 0. The molecule has 1 aromatic heterocycles. The quantitative estimate of drug-likeness (QED) is 0.711. The fraction of sp³-hybridized carbons (Fsp3) is 0.524. The molecule has 7 heteroatoms. The van der Waals surface area contributed by atoms with Gasteiger partial charge in [-0.2, -0.15) is 0 Å². The highest BCUT2D eigenvalue weighted by Crippen LogP contribution is 2.15. The van der Waals surface area contributed by atoms with Gasteiger partial charge in [0.15, 0.2) is 0 Å². The zero-order chi connectivity index (χ0) is 19.8. The summed E-state index contributed by atoms with van der Waals surface area (Å²) in [6.07, 6.45) is 1.05. The van der Waals surface area contributed by atoms with Gasteiger partial charge in [-0.1, -0.05) is 17.3 Å². The maximum absolute atomic E-state index is 12.2. The lowest BCUT2D eigenvalue weighted by Crippen LogP contribution is -2.38. The molecule has 1 aliphatic heterocycles. The van der Waals surface area contributed by atoms with Crippen molar-refractivity contribution in [3.8, 4) is 5.75 Å². The van der Waals surface area contributed by atoms with Crippen LogP contribution in [0.3, 0.4) is 0 Å². The highest BCUT2D eigenvalue weighted by atomic mass is 16.5. The summed E-state index contributed by atoms with van der Waals surface area (Å²) in [6, 6.07) is 7.87. The predicted octanol–water partition coefficient (Wildman–Crippen LogP) is 2.25. The molecule has 1 aliphatic rings. The minimum absolute atomic E-state index is 0.0126. The molecular weight excluding hydrogens is 358 g/mol. The number of benzene rings is 1. The van der Waals surface area contributed by atoms with E-state index in [-0.39, 0.29) is 5.91 Å².